The van der Waals surface area contributed by atoms with Gasteiger partial charge in [0.15, 0.2) is 0 Å². The van der Waals surface area contributed by atoms with Gasteiger partial charge in [0, 0.05) is 38.1 Å². The Labute approximate surface area is 146 Å². The van der Waals surface area contributed by atoms with E-state index >= 15 is 0 Å². The Morgan fingerprint density at radius 3 is 2.58 bits per heavy atom. The van der Waals surface area contributed by atoms with E-state index in [1.165, 1.54) is 37.1 Å². The van der Waals surface area contributed by atoms with Crippen molar-refractivity contribution in [3.63, 3.8) is 0 Å². The molecule has 4 heteroatoms. The number of likely N-dealkylation sites (tertiary alicyclic amines) is 1. The highest BCUT2D eigenvalue weighted by Crippen LogP contribution is 2.26. The van der Waals surface area contributed by atoms with Crippen molar-refractivity contribution in [2.24, 2.45) is 5.92 Å². The van der Waals surface area contributed by atoms with E-state index in [2.05, 4.69) is 60.2 Å². The molecule has 0 N–H and O–H groups in total. The van der Waals surface area contributed by atoms with Gasteiger partial charge >= 0.3 is 0 Å². The summed E-state index contributed by atoms with van der Waals surface area (Å²) in [6.45, 7) is 6.60. The molecule has 1 fully saturated rings. The van der Waals surface area contributed by atoms with Gasteiger partial charge in [0.05, 0.1) is 6.54 Å². The first kappa shape index (κ1) is 17.2. The van der Waals surface area contributed by atoms with Crippen LogP contribution in [0.4, 0.5) is 0 Å². The number of benzene rings is 1. The van der Waals surface area contributed by atoms with Crippen LogP contribution in [-0.4, -0.2) is 52.8 Å². The first-order valence-electron chi connectivity index (χ1n) is 9.09. The van der Waals surface area contributed by atoms with Gasteiger partial charge in [0.25, 0.3) is 0 Å². The molecular formula is C20H30N4. The van der Waals surface area contributed by atoms with E-state index in [9.17, 15) is 0 Å². The number of rotatable bonds is 7. The minimum Gasteiger partial charge on any atom is -0.305 e. The highest BCUT2D eigenvalue weighted by Gasteiger charge is 2.33. The van der Waals surface area contributed by atoms with Crippen LogP contribution in [0, 0.1) is 5.92 Å². The van der Waals surface area contributed by atoms with Gasteiger partial charge in [-0.15, -0.1) is 0 Å². The van der Waals surface area contributed by atoms with Crippen molar-refractivity contribution < 1.29 is 0 Å². The van der Waals surface area contributed by atoms with Crippen molar-refractivity contribution in [2.75, 3.05) is 27.2 Å². The molecule has 0 aliphatic carbocycles. The maximum atomic E-state index is 4.30. The molecule has 1 aromatic heterocycles. The molecule has 0 saturated carbocycles. The van der Waals surface area contributed by atoms with Crippen molar-refractivity contribution in [2.45, 2.75) is 38.9 Å². The third kappa shape index (κ3) is 4.25. The molecule has 1 aromatic carbocycles. The van der Waals surface area contributed by atoms with Crippen LogP contribution < -0.4 is 0 Å². The summed E-state index contributed by atoms with van der Waals surface area (Å²) in [6.07, 6.45) is 6.47. The summed E-state index contributed by atoms with van der Waals surface area (Å²) in [6, 6.07) is 11.6. The molecule has 1 aliphatic heterocycles. The number of aromatic nitrogens is 2. The number of likely N-dealkylation sites (N-methyl/N-ethyl adjacent to an activating group) is 1. The number of nitrogens with zero attached hydrogens (tertiary/aromatic N) is 4. The van der Waals surface area contributed by atoms with Crippen molar-refractivity contribution in [1.29, 1.82) is 0 Å². The van der Waals surface area contributed by atoms with Gasteiger partial charge in [-0.1, -0.05) is 37.6 Å². The van der Waals surface area contributed by atoms with Crippen LogP contribution in [0.2, 0.25) is 0 Å². The molecule has 0 spiro atoms. The summed E-state index contributed by atoms with van der Waals surface area (Å²) in [7, 11) is 4.45. The normalized spacial score (nSPS) is 21.7. The molecule has 0 unspecified atom stereocenters. The lowest BCUT2D eigenvalue weighted by Gasteiger charge is -2.24. The molecule has 1 aliphatic rings. The second-order valence-corrected chi connectivity index (χ2v) is 7.30. The Bertz CT molecular complexity index is 620. The lowest BCUT2D eigenvalue weighted by Crippen LogP contribution is -2.35. The fourth-order valence-corrected chi connectivity index (χ4v) is 3.98. The Balaban J connectivity index is 1.63. The molecule has 2 heterocycles. The summed E-state index contributed by atoms with van der Waals surface area (Å²) >= 11 is 0. The maximum absolute atomic E-state index is 4.30. The quantitative estimate of drug-likeness (QED) is 0.781. The Morgan fingerprint density at radius 2 is 1.92 bits per heavy atom. The first-order chi connectivity index (χ1) is 11.7. The number of hydrogen-bond acceptors (Lipinski definition) is 3. The zero-order valence-electron chi connectivity index (χ0n) is 15.2. The summed E-state index contributed by atoms with van der Waals surface area (Å²) < 4.78 is 1.98. The standard InChI is InChI=1S/C20H30N4/c1-4-7-19-15-23(16-20(19)22(2)3)13-17-8-5-9-18(12-17)14-24-11-6-10-21-24/h5-6,8-12,19-20H,4,7,13-16H2,1-3H3/t19-,20-/m1/s1. The van der Waals surface area contributed by atoms with Gasteiger partial charge < -0.3 is 4.90 Å². The fraction of sp³-hybridized carbons (Fsp3) is 0.550. The molecule has 0 bridgehead atoms. The molecule has 0 radical (unpaired) electrons. The molecule has 2 aromatic rings. The molecule has 1 saturated heterocycles. The molecule has 24 heavy (non-hydrogen) atoms. The molecule has 4 nitrogen and oxygen atoms in total. The largest absolute Gasteiger partial charge is 0.305 e. The lowest BCUT2D eigenvalue weighted by atomic mass is 9.98. The molecule has 3 rings (SSSR count). The minimum absolute atomic E-state index is 0.692. The van der Waals surface area contributed by atoms with Crippen LogP contribution in [0.5, 0.6) is 0 Å². The van der Waals surface area contributed by atoms with Crippen LogP contribution in [0.3, 0.4) is 0 Å². The average Bonchev–Trinajstić information content (AvgIpc) is 3.18. The topological polar surface area (TPSA) is 24.3 Å². The highest BCUT2D eigenvalue weighted by molar-refractivity contribution is 5.24. The molecule has 0 amide bonds. The van der Waals surface area contributed by atoms with Crippen molar-refractivity contribution >= 4 is 0 Å². The van der Waals surface area contributed by atoms with E-state index in [0.717, 1.165) is 19.0 Å². The van der Waals surface area contributed by atoms with E-state index in [1.807, 2.05) is 23.1 Å². The fourth-order valence-electron chi connectivity index (χ4n) is 3.98. The van der Waals surface area contributed by atoms with Gasteiger partial charge in [-0.25, -0.2) is 0 Å². The van der Waals surface area contributed by atoms with Crippen LogP contribution in [0.1, 0.15) is 30.9 Å². The Kier molecular flexibility index (Phi) is 5.69. The molecule has 2 atom stereocenters. The maximum Gasteiger partial charge on any atom is 0.0659 e. The molecule has 130 valence electrons. The van der Waals surface area contributed by atoms with E-state index < -0.39 is 0 Å². The van der Waals surface area contributed by atoms with Crippen molar-refractivity contribution in [3.05, 3.63) is 53.9 Å². The smallest absolute Gasteiger partial charge is 0.0659 e. The van der Waals surface area contributed by atoms with Gasteiger partial charge in [0.2, 0.25) is 0 Å². The van der Waals surface area contributed by atoms with E-state index in [0.29, 0.717) is 6.04 Å². The zero-order chi connectivity index (χ0) is 16.9. The average molecular weight is 326 g/mol. The third-order valence-corrected chi connectivity index (χ3v) is 5.11. The van der Waals surface area contributed by atoms with Crippen LogP contribution in [0.25, 0.3) is 0 Å². The van der Waals surface area contributed by atoms with E-state index in [4.69, 9.17) is 0 Å². The van der Waals surface area contributed by atoms with Crippen molar-refractivity contribution in [1.82, 2.24) is 19.6 Å². The van der Waals surface area contributed by atoms with Gasteiger partial charge in [0.1, 0.15) is 0 Å². The second-order valence-electron chi connectivity index (χ2n) is 7.30. The predicted molar refractivity (Wildman–Crippen MR) is 98.9 cm³/mol. The monoisotopic (exact) mass is 326 g/mol. The Hall–Kier alpha value is -1.65. The van der Waals surface area contributed by atoms with E-state index in [-0.39, 0.29) is 0 Å². The molecular weight excluding hydrogens is 296 g/mol. The minimum atomic E-state index is 0.692. The lowest BCUT2D eigenvalue weighted by molar-refractivity contribution is 0.239. The summed E-state index contributed by atoms with van der Waals surface area (Å²) in [5, 5.41) is 4.30. The second kappa shape index (κ2) is 7.95. The third-order valence-electron chi connectivity index (χ3n) is 5.11. The van der Waals surface area contributed by atoms with Gasteiger partial charge in [-0.3, -0.25) is 9.58 Å². The predicted octanol–water partition coefficient (Wildman–Crippen LogP) is 3.09. The van der Waals surface area contributed by atoms with Crippen molar-refractivity contribution in [3.8, 4) is 0 Å². The van der Waals surface area contributed by atoms with E-state index in [1.54, 1.807) is 0 Å². The highest BCUT2D eigenvalue weighted by atomic mass is 15.3. The van der Waals surface area contributed by atoms with Gasteiger partial charge in [-0.2, -0.15) is 5.10 Å². The Morgan fingerprint density at radius 1 is 1.12 bits per heavy atom. The van der Waals surface area contributed by atoms with Crippen LogP contribution in [0.15, 0.2) is 42.7 Å². The summed E-state index contributed by atoms with van der Waals surface area (Å²) in [4.78, 5) is 5.03. The van der Waals surface area contributed by atoms with Gasteiger partial charge in [-0.05, 0) is 43.6 Å². The number of hydrogen-bond donors (Lipinski definition) is 0. The first-order valence-corrected chi connectivity index (χ1v) is 9.09. The SMILES string of the molecule is CCC[C@@H]1CN(Cc2cccc(Cn3cccn3)c2)C[C@H]1N(C)C. The zero-order valence-corrected chi connectivity index (χ0v) is 15.2. The summed E-state index contributed by atoms with van der Waals surface area (Å²) in [5.74, 6) is 0.803. The van der Waals surface area contributed by atoms with Crippen LogP contribution in [-0.2, 0) is 13.1 Å². The van der Waals surface area contributed by atoms with Crippen LogP contribution >= 0.6 is 0 Å². The summed E-state index contributed by atoms with van der Waals surface area (Å²) in [5.41, 5.74) is 2.74.